The van der Waals surface area contributed by atoms with Crippen molar-refractivity contribution in [2.24, 2.45) is 0 Å². The van der Waals surface area contributed by atoms with E-state index < -0.39 is 15.7 Å². The molecule has 1 aliphatic rings. The van der Waals surface area contributed by atoms with Crippen LogP contribution in [0.1, 0.15) is 16.8 Å². The molecule has 4 rings (SSSR count). The summed E-state index contributed by atoms with van der Waals surface area (Å²) in [7, 11) is -0.170. The third-order valence-corrected chi connectivity index (χ3v) is 6.31. The molecule has 0 saturated heterocycles. The van der Waals surface area contributed by atoms with Crippen molar-refractivity contribution in [3.05, 3.63) is 71.4 Å². The fourth-order valence-corrected chi connectivity index (χ4v) is 4.91. The first-order valence-electron chi connectivity index (χ1n) is 9.48. The second kappa shape index (κ2) is 8.27. The van der Waals surface area contributed by atoms with Gasteiger partial charge in [0.15, 0.2) is 21.3 Å². The standard InChI is InChI=1S/C22H21N3O5S/c1-29-19-10-8-15(12-20(19)30-2)9-11-21(26)23-22-17-13-31(27,28)14-18(17)24-25(22)16-6-4-3-5-7-16/h3-12H,13-14H2,1-2H3,(H,23,26)/b11-9-. The van der Waals surface area contributed by atoms with Gasteiger partial charge in [0.25, 0.3) is 0 Å². The van der Waals surface area contributed by atoms with Gasteiger partial charge < -0.3 is 14.8 Å². The number of benzene rings is 2. The Kier molecular flexibility index (Phi) is 5.51. The smallest absolute Gasteiger partial charge is 0.249 e. The van der Waals surface area contributed by atoms with Crippen molar-refractivity contribution < 1.29 is 22.7 Å². The maximum absolute atomic E-state index is 12.7. The van der Waals surface area contributed by atoms with E-state index in [-0.39, 0.29) is 11.5 Å². The van der Waals surface area contributed by atoms with Crippen molar-refractivity contribution in [1.29, 1.82) is 0 Å². The number of carbonyl (C=O) groups is 1. The van der Waals surface area contributed by atoms with Crippen LogP contribution in [0.15, 0.2) is 54.6 Å². The van der Waals surface area contributed by atoms with Gasteiger partial charge in [-0.1, -0.05) is 24.3 Å². The molecule has 0 bridgehead atoms. The summed E-state index contributed by atoms with van der Waals surface area (Å²) in [6.45, 7) is 0. The average molecular weight is 439 g/mol. The number of nitrogens with zero attached hydrogens (tertiary/aromatic N) is 2. The number of carbonyl (C=O) groups excluding carboxylic acids is 1. The van der Waals surface area contributed by atoms with E-state index in [0.717, 1.165) is 11.3 Å². The molecular weight excluding hydrogens is 418 g/mol. The summed E-state index contributed by atoms with van der Waals surface area (Å²) in [5, 5.41) is 7.24. The Labute approximate surface area is 180 Å². The molecule has 0 saturated carbocycles. The lowest BCUT2D eigenvalue weighted by Crippen LogP contribution is -2.14. The summed E-state index contributed by atoms with van der Waals surface area (Å²) in [6.07, 6.45) is 3.01. The van der Waals surface area contributed by atoms with Gasteiger partial charge in [-0.3, -0.25) is 4.79 Å². The van der Waals surface area contributed by atoms with E-state index in [2.05, 4.69) is 10.4 Å². The van der Waals surface area contributed by atoms with Crippen LogP contribution in [0.4, 0.5) is 5.82 Å². The Morgan fingerprint density at radius 1 is 1.06 bits per heavy atom. The van der Waals surface area contributed by atoms with Crippen LogP contribution in [0.25, 0.3) is 11.8 Å². The molecule has 0 aliphatic carbocycles. The molecule has 0 fully saturated rings. The summed E-state index contributed by atoms with van der Waals surface area (Å²) in [4.78, 5) is 12.7. The minimum absolute atomic E-state index is 0.132. The van der Waals surface area contributed by atoms with Gasteiger partial charge in [-0.2, -0.15) is 5.10 Å². The van der Waals surface area contributed by atoms with Crippen molar-refractivity contribution in [3.63, 3.8) is 0 Å². The predicted molar refractivity (Wildman–Crippen MR) is 117 cm³/mol. The summed E-state index contributed by atoms with van der Waals surface area (Å²) < 4.78 is 36.2. The first-order valence-corrected chi connectivity index (χ1v) is 11.3. The van der Waals surface area contributed by atoms with Crippen LogP contribution in [0, 0.1) is 0 Å². The van der Waals surface area contributed by atoms with Gasteiger partial charge in [-0.25, -0.2) is 13.1 Å². The zero-order valence-electron chi connectivity index (χ0n) is 17.0. The van der Waals surface area contributed by atoms with Crippen molar-refractivity contribution in [2.45, 2.75) is 11.5 Å². The van der Waals surface area contributed by atoms with Gasteiger partial charge in [0.2, 0.25) is 5.91 Å². The van der Waals surface area contributed by atoms with E-state index >= 15 is 0 Å². The Bertz CT molecular complexity index is 1260. The van der Waals surface area contributed by atoms with Gasteiger partial charge in [-0.05, 0) is 35.9 Å². The van der Waals surface area contributed by atoms with Crippen molar-refractivity contribution in [2.75, 3.05) is 19.5 Å². The number of para-hydroxylation sites is 1. The molecule has 0 spiro atoms. The molecule has 2 heterocycles. The topological polar surface area (TPSA) is 99.5 Å². The molecule has 2 aromatic carbocycles. The molecule has 9 heteroatoms. The maximum Gasteiger partial charge on any atom is 0.249 e. The highest BCUT2D eigenvalue weighted by Crippen LogP contribution is 2.33. The third-order valence-electron chi connectivity index (χ3n) is 4.86. The number of anilines is 1. The summed E-state index contributed by atoms with van der Waals surface area (Å²) in [5.74, 6) is 0.822. The lowest BCUT2D eigenvalue weighted by Gasteiger charge is -2.10. The van der Waals surface area contributed by atoms with E-state index in [4.69, 9.17) is 9.47 Å². The van der Waals surface area contributed by atoms with Crippen LogP contribution < -0.4 is 14.8 Å². The fraction of sp³-hybridized carbons (Fsp3) is 0.182. The molecular formula is C22H21N3O5S. The number of methoxy groups -OCH3 is 2. The minimum atomic E-state index is -3.26. The molecule has 1 N–H and O–H groups in total. The molecule has 0 radical (unpaired) electrons. The number of hydrogen-bond donors (Lipinski definition) is 1. The molecule has 0 atom stereocenters. The maximum atomic E-state index is 12.7. The van der Waals surface area contributed by atoms with Gasteiger partial charge in [0, 0.05) is 11.6 Å². The summed E-state index contributed by atoms with van der Waals surface area (Å²) in [5.41, 5.74) is 2.46. The van der Waals surface area contributed by atoms with Gasteiger partial charge in [0.1, 0.15) is 5.82 Å². The third kappa shape index (κ3) is 4.31. The summed E-state index contributed by atoms with van der Waals surface area (Å²) >= 11 is 0. The van der Waals surface area contributed by atoms with Crippen molar-refractivity contribution >= 4 is 27.6 Å². The van der Waals surface area contributed by atoms with Crippen LogP contribution in [-0.4, -0.2) is 38.3 Å². The number of amides is 1. The number of sulfone groups is 1. The molecule has 1 aromatic heterocycles. The number of hydrogen-bond acceptors (Lipinski definition) is 6. The number of nitrogens with one attached hydrogen (secondary N) is 1. The largest absolute Gasteiger partial charge is 0.493 e. The quantitative estimate of drug-likeness (QED) is 0.593. The lowest BCUT2D eigenvalue weighted by molar-refractivity contribution is -0.111. The molecule has 8 nitrogen and oxygen atoms in total. The number of aromatic nitrogens is 2. The second-order valence-corrected chi connectivity index (χ2v) is 9.05. The number of rotatable bonds is 6. The lowest BCUT2D eigenvalue weighted by atomic mass is 10.2. The second-order valence-electron chi connectivity index (χ2n) is 6.99. The highest BCUT2D eigenvalue weighted by atomic mass is 32.2. The number of fused-ring (bicyclic) bond motifs is 1. The van der Waals surface area contributed by atoms with Crippen LogP contribution in [0.3, 0.4) is 0 Å². The van der Waals surface area contributed by atoms with Crippen molar-refractivity contribution in [1.82, 2.24) is 9.78 Å². The normalized spacial score (nSPS) is 14.4. The molecule has 1 amide bonds. The molecule has 31 heavy (non-hydrogen) atoms. The Hall–Kier alpha value is -3.59. The van der Waals surface area contributed by atoms with E-state index in [9.17, 15) is 13.2 Å². The minimum Gasteiger partial charge on any atom is -0.493 e. The van der Waals surface area contributed by atoms with Crippen LogP contribution in [0.2, 0.25) is 0 Å². The van der Waals surface area contributed by atoms with E-state index in [1.165, 1.54) is 13.2 Å². The molecule has 3 aromatic rings. The van der Waals surface area contributed by atoms with E-state index in [0.29, 0.717) is 28.6 Å². The zero-order valence-corrected chi connectivity index (χ0v) is 17.8. The highest BCUT2D eigenvalue weighted by Gasteiger charge is 2.33. The monoisotopic (exact) mass is 439 g/mol. The van der Waals surface area contributed by atoms with Crippen molar-refractivity contribution in [3.8, 4) is 17.2 Å². The summed E-state index contributed by atoms with van der Waals surface area (Å²) in [6, 6.07) is 14.5. The van der Waals surface area contributed by atoms with Gasteiger partial charge in [0.05, 0.1) is 37.1 Å². The highest BCUT2D eigenvalue weighted by molar-refractivity contribution is 7.90. The average Bonchev–Trinajstić information content (AvgIpc) is 3.24. The Morgan fingerprint density at radius 2 is 1.81 bits per heavy atom. The van der Waals surface area contributed by atoms with Crippen LogP contribution in [0.5, 0.6) is 11.5 Å². The number of ether oxygens (including phenoxy) is 2. The predicted octanol–water partition coefficient (Wildman–Crippen LogP) is 2.97. The van der Waals surface area contributed by atoms with Gasteiger partial charge >= 0.3 is 0 Å². The van der Waals surface area contributed by atoms with E-state index in [1.54, 1.807) is 36.1 Å². The first kappa shape index (κ1) is 20.7. The Balaban J connectivity index is 1.62. The molecule has 1 aliphatic heterocycles. The SMILES string of the molecule is COc1ccc(/C=C\C(=O)Nc2c3c(nn2-c2ccccc2)CS(=O)(=O)C3)cc1OC. The van der Waals surface area contributed by atoms with Gasteiger partial charge in [-0.15, -0.1) is 0 Å². The molecule has 160 valence electrons. The van der Waals surface area contributed by atoms with E-state index in [1.807, 2.05) is 30.3 Å². The fourth-order valence-electron chi connectivity index (χ4n) is 3.41. The molecule has 0 unspecified atom stereocenters. The Morgan fingerprint density at radius 3 is 2.52 bits per heavy atom. The zero-order chi connectivity index (χ0) is 22.0. The van der Waals surface area contributed by atoms with Crippen LogP contribution >= 0.6 is 0 Å². The first-order chi connectivity index (χ1) is 14.9. The van der Waals surface area contributed by atoms with Crippen LogP contribution in [-0.2, 0) is 26.1 Å².